The van der Waals surface area contributed by atoms with Gasteiger partial charge >= 0.3 is 0 Å². The summed E-state index contributed by atoms with van der Waals surface area (Å²) >= 11 is 6.81. The Morgan fingerprint density at radius 1 is 1.50 bits per heavy atom. The topological polar surface area (TPSA) is 0 Å². The molecule has 0 aromatic rings. The van der Waals surface area contributed by atoms with Crippen LogP contribution >= 0.6 is 34.2 Å². The van der Waals surface area contributed by atoms with Crippen LogP contribution in [0.3, 0.4) is 0 Å². The van der Waals surface area contributed by atoms with Crippen LogP contribution in [0.25, 0.3) is 0 Å². The Morgan fingerprint density at radius 2 is 1.50 bits per heavy atom. The van der Waals surface area contributed by atoms with Gasteiger partial charge in [0, 0.05) is 0 Å². The van der Waals surface area contributed by atoms with Gasteiger partial charge in [-0.2, -0.15) is 0 Å². The SMILES string of the molecule is C=CCl.C=CI. The lowest BCUT2D eigenvalue weighted by atomic mass is 11.3. The summed E-state index contributed by atoms with van der Waals surface area (Å²) in [5.41, 5.74) is 1.22. The van der Waals surface area contributed by atoms with Gasteiger partial charge in [0.1, 0.15) is 0 Å². The minimum atomic E-state index is 1.22. The van der Waals surface area contributed by atoms with Gasteiger partial charge in [-0.05, 0) is 9.62 Å². The normalized spacial score (nSPS) is 4.33. The summed E-state index contributed by atoms with van der Waals surface area (Å²) < 4.78 is 1.72. The minimum Gasteiger partial charge on any atom is -0.0936 e. The van der Waals surface area contributed by atoms with Crippen molar-refractivity contribution in [2.24, 2.45) is 0 Å². The fourth-order valence-electron chi connectivity index (χ4n) is 0. The molecule has 0 unspecified atom stereocenters. The molecule has 0 aliphatic carbocycles. The summed E-state index contributed by atoms with van der Waals surface area (Å²) in [6, 6.07) is 0. The van der Waals surface area contributed by atoms with Crippen LogP contribution < -0.4 is 0 Å². The molecule has 0 atom stereocenters. The minimum absolute atomic E-state index is 1.22. The van der Waals surface area contributed by atoms with Crippen molar-refractivity contribution in [2.75, 3.05) is 0 Å². The van der Waals surface area contributed by atoms with E-state index in [0.29, 0.717) is 0 Å². The summed E-state index contributed by atoms with van der Waals surface area (Å²) in [6.07, 6.45) is 0. The van der Waals surface area contributed by atoms with E-state index in [-0.39, 0.29) is 0 Å². The molecule has 0 aromatic heterocycles. The second-order valence-electron chi connectivity index (χ2n) is 0.309. The molecule has 0 aromatic carbocycles. The van der Waals surface area contributed by atoms with E-state index in [1.807, 2.05) is 0 Å². The molecule has 0 aliphatic heterocycles. The first-order valence-electron chi connectivity index (χ1n) is 1.25. The third-order valence-corrected chi connectivity index (χ3v) is 0. The maximum absolute atomic E-state index is 4.76. The molecule has 0 nitrogen and oxygen atoms in total. The Labute approximate surface area is 57.0 Å². The summed E-state index contributed by atoms with van der Waals surface area (Å²) in [7, 11) is 0. The number of halogens is 2. The fourth-order valence-corrected chi connectivity index (χ4v) is 0. The lowest BCUT2D eigenvalue weighted by Gasteiger charge is -1.27. The first-order chi connectivity index (χ1) is 2.83. The Hall–Kier alpha value is 0.500. The summed E-state index contributed by atoms with van der Waals surface area (Å²) in [4.78, 5) is 0. The molecule has 0 saturated carbocycles. The van der Waals surface area contributed by atoms with E-state index in [0.717, 1.165) is 0 Å². The van der Waals surface area contributed by atoms with Crippen LogP contribution in [0.5, 0.6) is 0 Å². The zero-order valence-corrected chi connectivity index (χ0v) is 6.24. The number of hydrogen-bond acceptors (Lipinski definition) is 0. The van der Waals surface area contributed by atoms with E-state index in [1.165, 1.54) is 5.54 Å². The quantitative estimate of drug-likeness (QED) is 0.546. The third kappa shape index (κ3) is 221. The smallest absolute Gasteiger partial charge is 0.00296 e. The molecule has 0 heterocycles. The van der Waals surface area contributed by atoms with Crippen molar-refractivity contribution < 1.29 is 0 Å². The predicted molar refractivity (Wildman–Crippen MR) is 40.3 cm³/mol. The van der Waals surface area contributed by atoms with Crippen LogP contribution in [-0.4, -0.2) is 0 Å². The Kier molecular flexibility index (Phi) is 28.8. The van der Waals surface area contributed by atoms with E-state index in [1.54, 1.807) is 4.08 Å². The molecular weight excluding hydrogens is 210 g/mol. The summed E-state index contributed by atoms with van der Waals surface area (Å²) in [5, 5.41) is 0. The van der Waals surface area contributed by atoms with Gasteiger partial charge in [-0.25, -0.2) is 0 Å². The van der Waals surface area contributed by atoms with Crippen molar-refractivity contribution in [1.82, 2.24) is 0 Å². The van der Waals surface area contributed by atoms with Crippen LogP contribution in [0.15, 0.2) is 22.8 Å². The van der Waals surface area contributed by atoms with Crippen LogP contribution in [0.4, 0.5) is 0 Å². The molecule has 0 aliphatic rings. The highest BCUT2D eigenvalue weighted by Gasteiger charge is 1.18. The van der Waals surface area contributed by atoms with Crippen LogP contribution in [0.2, 0.25) is 0 Å². The van der Waals surface area contributed by atoms with Gasteiger partial charge in [-0.15, -0.1) is 0 Å². The van der Waals surface area contributed by atoms with Crippen molar-refractivity contribution >= 4 is 34.2 Å². The van der Waals surface area contributed by atoms with Crippen LogP contribution in [0.1, 0.15) is 0 Å². The molecule has 0 amide bonds. The van der Waals surface area contributed by atoms with Gasteiger partial charge in [-0.3, -0.25) is 0 Å². The van der Waals surface area contributed by atoms with Gasteiger partial charge in [0.2, 0.25) is 0 Å². The molecule has 0 N–H and O–H groups in total. The van der Waals surface area contributed by atoms with Gasteiger partial charge in [0.25, 0.3) is 0 Å². The first-order valence-corrected chi connectivity index (χ1v) is 2.94. The molecule has 6 heavy (non-hydrogen) atoms. The highest BCUT2D eigenvalue weighted by Crippen LogP contribution is 1.70. The highest BCUT2D eigenvalue weighted by molar-refractivity contribution is 14.1. The van der Waals surface area contributed by atoms with Crippen LogP contribution in [0, 0.1) is 0 Å². The third-order valence-electron chi connectivity index (χ3n) is 0. The van der Waals surface area contributed by atoms with Gasteiger partial charge in [0.05, 0.1) is 0 Å². The van der Waals surface area contributed by atoms with Crippen molar-refractivity contribution in [2.45, 2.75) is 0 Å². The van der Waals surface area contributed by atoms with Crippen molar-refractivity contribution in [3.8, 4) is 0 Å². The first kappa shape index (κ1) is 9.71. The largest absolute Gasteiger partial charge is 0.0936 e. The highest BCUT2D eigenvalue weighted by atomic mass is 127. The predicted octanol–water partition coefficient (Wildman–Crippen LogP) is 2.93. The summed E-state index contributed by atoms with van der Waals surface area (Å²) in [5.74, 6) is 0. The molecule has 0 saturated heterocycles. The standard InChI is InChI=1S/C2H3Cl.C2H3I/c2*1-2-3/h2*2H,1H2. The van der Waals surface area contributed by atoms with Crippen molar-refractivity contribution in [3.63, 3.8) is 0 Å². The number of hydrogen-bond donors (Lipinski definition) is 0. The zero-order chi connectivity index (χ0) is 5.41. The molecule has 0 rings (SSSR count). The maximum Gasteiger partial charge on any atom is -0.00296 e. The molecule has 0 radical (unpaired) electrons. The van der Waals surface area contributed by atoms with E-state index in [2.05, 4.69) is 35.7 Å². The molecule has 36 valence electrons. The average Bonchev–Trinajstić information content (AvgIpc) is 1.39. The van der Waals surface area contributed by atoms with E-state index in [9.17, 15) is 0 Å². The Bertz CT molecular complexity index is 28.5. The second kappa shape index (κ2) is 17.8. The molecule has 0 spiro atoms. The monoisotopic (exact) mass is 216 g/mol. The molecule has 0 fully saturated rings. The van der Waals surface area contributed by atoms with Crippen molar-refractivity contribution in [1.29, 1.82) is 0 Å². The maximum atomic E-state index is 4.76. The van der Waals surface area contributed by atoms with Gasteiger partial charge in [0.15, 0.2) is 0 Å². The Balaban J connectivity index is 0. The lowest BCUT2D eigenvalue weighted by molar-refractivity contribution is 2.63. The summed E-state index contributed by atoms with van der Waals surface area (Å²) in [6.45, 7) is 6.47. The van der Waals surface area contributed by atoms with Crippen LogP contribution in [-0.2, 0) is 0 Å². The van der Waals surface area contributed by atoms with E-state index in [4.69, 9.17) is 11.6 Å². The van der Waals surface area contributed by atoms with Gasteiger partial charge in [-0.1, -0.05) is 47.3 Å². The Morgan fingerprint density at radius 3 is 1.50 bits per heavy atom. The van der Waals surface area contributed by atoms with E-state index >= 15 is 0 Å². The molecule has 0 bridgehead atoms. The van der Waals surface area contributed by atoms with Gasteiger partial charge < -0.3 is 0 Å². The number of rotatable bonds is 0. The molecular formula is C4H6ClI. The second-order valence-corrected chi connectivity index (χ2v) is 1.50. The van der Waals surface area contributed by atoms with Crippen molar-refractivity contribution in [3.05, 3.63) is 22.8 Å². The van der Waals surface area contributed by atoms with E-state index < -0.39 is 0 Å². The average molecular weight is 216 g/mol. The molecule has 2 heteroatoms. The zero-order valence-electron chi connectivity index (χ0n) is 3.32. The fraction of sp³-hybridized carbons (Fsp3) is 0. The lowest BCUT2D eigenvalue weighted by Crippen LogP contribution is -0.926.